The highest BCUT2D eigenvalue weighted by atomic mass is 35.5. The number of amidine groups is 1. The molecule has 1 aliphatic rings. The lowest BCUT2D eigenvalue weighted by Crippen LogP contribution is -2.44. The average Bonchev–Trinajstić information content (AvgIpc) is 2.43. The number of piperazine rings is 1. The first-order valence-corrected chi connectivity index (χ1v) is 7.63. The molecule has 0 aromatic carbocycles. The Balaban J connectivity index is 2.30. The van der Waals surface area contributed by atoms with Crippen LogP contribution in [0.2, 0.25) is 0 Å². The summed E-state index contributed by atoms with van der Waals surface area (Å²) >= 11 is 5.98. The molecule has 1 heterocycles. The molecule has 0 unspecified atom stereocenters. The Hall–Kier alpha value is -0.650. The first-order valence-electron chi connectivity index (χ1n) is 7.25. The Morgan fingerprint density at radius 3 is 2.40 bits per heavy atom. The SMILES string of the molecule is CN=C(Cl)CC(=NCCCN1CCN(C)CC1)N(C)C. The quantitative estimate of drug-likeness (QED) is 0.421. The molecule has 1 rings (SSSR count). The van der Waals surface area contributed by atoms with Gasteiger partial charge in [-0.25, -0.2) is 0 Å². The minimum Gasteiger partial charge on any atom is -0.366 e. The first-order chi connectivity index (χ1) is 9.52. The highest BCUT2D eigenvalue weighted by Gasteiger charge is 2.12. The normalized spacial score (nSPS) is 19.4. The number of aliphatic imine (C=N–C) groups is 2. The van der Waals surface area contributed by atoms with E-state index in [1.54, 1.807) is 7.05 Å². The molecule has 116 valence electrons. The van der Waals surface area contributed by atoms with Crippen molar-refractivity contribution in [1.29, 1.82) is 0 Å². The summed E-state index contributed by atoms with van der Waals surface area (Å²) in [7, 11) is 7.89. The third kappa shape index (κ3) is 6.68. The third-order valence-corrected chi connectivity index (χ3v) is 3.89. The molecular formula is C14H28ClN5. The average molecular weight is 302 g/mol. The lowest BCUT2D eigenvalue weighted by Gasteiger charge is -2.32. The summed E-state index contributed by atoms with van der Waals surface area (Å²) < 4.78 is 0. The van der Waals surface area contributed by atoms with E-state index in [4.69, 9.17) is 11.6 Å². The van der Waals surface area contributed by atoms with Gasteiger partial charge in [-0.05, 0) is 20.0 Å². The first kappa shape index (κ1) is 17.4. The van der Waals surface area contributed by atoms with Crippen molar-refractivity contribution in [2.75, 3.05) is 67.5 Å². The number of likely N-dealkylation sites (N-methyl/N-ethyl adjacent to an activating group) is 1. The van der Waals surface area contributed by atoms with E-state index in [9.17, 15) is 0 Å². The zero-order chi connectivity index (χ0) is 15.0. The van der Waals surface area contributed by atoms with Gasteiger partial charge in [-0.2, -0.15) is 0 Å². The van der Waals surface area contributed by atoms with E-state index in [-0.39, 0.29) is 0 Å². The third-order valence-electron chi connectivity index (χ3n) is 3.59. The molecule has 1 saturated heterocycles. The summed E-state index contributed by atoms with van der Waals surface area (Å²) in [6.07, 6.45) is 1.72. The lowest BCUT2D eigenvalue weighted by molar-refractivity contribution is 0.153. The van der Waals surface area contributed by atoms with Crippen LogP contribution in [0.1, 0.15) is 12.8 Å². The largest absolute Gasteiger partial charge is 0.366 e. The maximum Gasteiger partial charge on any atom is 0.107 e. The van der Waals surface area contributed by atoms with Gasteiger partial charge in [0.2, 0.25) is 0 Å². The summed E-state index contributed by atoms with van der Waals surface area (Å²) in [4.78, 5) is 15.5. The fraction of sp³-hybridized carbons (Fsp3) is 0.857. The number of rotatable bonds is 6. The standard InChI is InChI=1S/C14H28ClN5/c1-16-13(15)12-14(18(2)3)17-6-5-7-20-10-8-19(4)9-11-20/h5-12H2,1-4H3. The molecular weight excluding hydrogens is 274 g/mol. The van der Waals surface area contributed by atoms with Crippen LogP contribution in [0.25, 0.3) is 0 Å². The van der Waals surface area contributed by atoms with Crippen molar-refractivity contribution in [3.8, 4) is 0 Å². The number of hydrogen-bond donors (Lipinski definition) is 0. The summed E-state index contributed by atoms with van der Waals surface area (Å²) in [5, 5.41) is 0.608. The molecule has 0 aromatic rings. The highest BCUT2D eigenvalue weighted by molar-refractivity contribution is 6.66. The lowest BCUT2D eigenvalue weighted by atomic mass is 10.3. The Kier molecular flexibility index (Phi) is 8.11. The molecule has 0 radical (unpaired) electrons. The van der Waals surface area contributed by atoms with Gasteiger partial charge in [-0.1, -0.05) is 11.6 Å². The Morgan fingerprint density at radius 2 is 1.85 bits per heavy atom. The molecule has 6 heteroatoms. The van der Waals surface area contributed by atoms with E-state index in [1.807, 2.05) is 19.0 Å². The van der Waals surface area contributed by atoms with Gasteiger partial charge in [0.1, 0.15) is 11.0 Å². The molecule has 0 N–H and O–H groups in total. The van der Waals surface area contributed by atoms with Crippen LogP contribution in [0.5, 0.6) is 0 Å². The van der Waals surface area contributed by atoms with Gasteiger partial charge in [0.05, 0.1) is 6.42 Å². The van der Waals surface area contributed by atoms with Gasteiger partial charge in [0.25, 0.3) is 0 Å². The smallest absolute Gasteiger partial charge is 0.107 e. The molecule has 1 aliphatic heterocycles. The summed E-state index contributed by atoms with van der Waals surface area (Å²) in [6.45, 7) is 6.69. The van der Waals surface area contributed by atoms with Crippen molar-refractivity contribution in [2.45, 2.75) is 12.8 Å². The minimum absolute atomic E-state index is 0.608. The van der Waals surface area contributed by atoms with Crippen LogP contribution in [0, 0.1) is 0 Å². The molecule has 0 spiro atoms. The molecule has 1 fully saturated rings. The molecule has 0 atom stereocenters. The van der Waals surface area contributed by atoms with E-state index in [0.29, 0.717) is 11.6 Å². The number of hydrogen-bond acceptors (Lipinski definition) is 4. The zero-order valence-corrected chi connectivity index (χ0v) is 14.0. The van der Waals surface area contributed by atoms with E-state index in [2.05, 4.69) is 26.8 Å². The van der Waals surface area contributed by atoms with Crippen molar-refractivity contribution in [3.05, 3.63) is 0 Å². The fourth-order valence-corrected chi connectivity index (χ4v) is 2.26. The van der Waals surface area contributed by atoms with Gasteiger partial charge >= 0.3 is 0 Å². The van der Waals surface area contributed by atoms with Gasteiger partial charge < -0.3 is 14.7 Å². The molecule has 0 amide bonds. The predicted octanol–water partition coefficient (Wildman–Crippen LogP) is 1.24. The van der Waals surface area contributed by atoms with Crippen molar-refractivity contribution in [1.82, 2.24) is 14.7 Å². The van der Waals surface area contributed by atoms with Gasteiger partial charge in [0.15, 0.2) is 0 Å². The molecule has 0 saturated carbocycles. The van der Waals surface area contributed by atoms with Crippen LogP contribution in [-0.2, 0) is 0 Å². The monoisotopic (exact) mass is 301 g/mol. The topological polar surface area (TPSA) is 34.4 Å². The zero-order valence-electron chi connectivity index (χ0n) is 13.3. The van der Waals surface area contributed by atoms with Crippen molar-refractivity contribution in [2.24, 2.45) is 9.98 Å². The van der Waals surface area contributed by atoms with E-state index >= 15 is 0 Å². The van der Waals surface area contributed by atoms with Gasteiger partial charge in [-0.3, -0.25) is 9.98 Å². The minimum atomic E-state index is 0.608. The summed E-state index contributed by atoms with van der Waals surface area (Å²) in [5.74, 6) is 0.999. The van der Waals surface area contributed by atoms with Crippen molar-refractivity contribution in [3.63, 3.8) is 0 Å². The molecule has 0 bridgehead atoms. The Bertz CT molecular complexity index is 332. The molecule has 0 aliphatic carbocycles. The van der Waals surface area contributed by atoms with Crippen LogP contribution in [0.4, 0.5) is 0 Å². The van der Waals surface area contributed by atoms with E-state index in [0.717, 1.165) is 25.3 Å². The Morgan fingerprint density at radius 1 is 1.20 bits per heavy atom. The fourth-order valence-electron chi connectivity index (χ4n) is 2.14. The van der Waals surface area contributed by atoms with Gasteiger partial charge in [-0.15, -0.1) is 0 Å². The van der Waals surface area contributed by atoms with Crippen LogP contribution < -0.4 is 0 Å². The summed E-state index contributed by atoms with van der Waals surface area (Å²) in [6, 6.07) is 0. The van der Waals surface area contributed by atoms with Crippen LogP contribution in [-0.4, -0.2) is 93.2 Å². The van der Waals surface area contributed by atoms with Crippen molar-refractivity contribution >= 4 is 22.6 Å². The van der Waals surface area contributed by atoms with E-state index in [1.165, 1.54) is 26.2 Å². The maximum absolute atomic E-state index is 5.98. The molecule has 5 nitrogen and oxygen atoms in total. The van der Waals surface area contributed by atoms with E-state index < -0.39 is 0 Å². The van der Waals surface area contributed by atoms with Crippen LogP contribution >= 0.6 is 11.6 Å². The summed E-state index contributed by atoms with van der Waals surface area (Å²) in [5.41, 5.74) is 0. The van der Waals surface area contributed by atoms with Gasteiger partial charge in [0, 0.05) is 53.9 Å². The molecule has 0 aromatic heterocycles. The number of halogens is 1. The second-order valence-corrected chi connectivity index (χ2v) is 5.90. The number of nitrogens with zero attached hydrogens (tertiary/aromatic N) is 5. The van der Waals surface area contributed by atoms with Crippen LogP contribution in [0.3, 0.4) is 0 Å². The Labute approximate surface area is 128 Å². The van der Waals surface area contributed by atoms with Crippen LogP contribution in [0.15, 0.2) is 9.98 Å². The molecule has 20 heavy (non-hydrogen) atoms. The van der Waals surface area contributed by atoms with Crippen molar-refractivity contribution < 1.29 is 0 Å². The highest BCUT2D eigenvalue weighted by Crippen LogP contribution is 2.02. The second-order valence-electron chi connectivity index (χ2n) is 5.47. The second kappa shape index (κ2) is 9.32. The predicted molar refractivity (Wildman–Crippen MR) is 88.4 cm³/mol. The maximum atomic E-state index is 5.98.